The van der Waals surface area contributed by atoms with Crippen LogP contribution in [-0.4, -0.2) is 19.3 Å². The van der Waals surface area contributed by atoms with E-state index in [1.54, 1.807) is 0 Å². The van der Waals surface area contributed by atoms with Gasteiger partial charge in [-0.2, -0.15) is 0 Å². The Kier molecular flexibility index (Phi) is 2.55. The van der Waals surface area contributed by atoms with Crippen LogP contribution in [0.1, 0.15) is 27.2 Å². The summed E-state index contributed by atoms with van der Waals surface area (Å²) in [7, 11) is 0. The van der Waals surface area contributed by atoms with E-state index in [4.69, 9.17) is 10.5 Å². The molecule has 2 N–H and O–H groups in total. The fourth-order valence-corrected chi connectivity index (χ4v) is 1.83. The lowest BCUT2D eigenvalue weighted by Crippen LogP contribution is -2.35. The average Bonchev–Trinajstić information content (AvgIpc) is 2.31. The standard InChI is InChI=1S/C9H19NO/c1-9(2,3)8-7(6-10)4-5-11-8/h7-8H,4-6,10H2,1-3H3/t7-,8-/m0/s1. The Balaban J connectivity index is 2.57. The number of hydrogen-bond donors (Lipinski definition) is 1. The molecule has 0 radical (unpaired) electrons. The highest BCUT2D eigenvalue weighted by Gasteiger charge is 2.36. The highest BCUT2D eigenvalue weighted by molar-refractivity contribution is 4.85. The maximum absolute atomic E-state index is 5.64. The molecule has 0 aliphatic carbocycles. The molecule has 0 unspecified atom stereocenters. The summed E-state index contributed by atoms with van der Waals surface area (Å²) in [6.07, 6.45) is 1.51. The van der Waals surface area contributed by atoms with Crippen LogP contribution in [0.25, 0.3) is 0 Å². The zero-order valence-corrected chi connectivity index (χ0v) is 7.76. The lowest BCUT2D eigenvalue weighted by atomic mass is 9.81. The quantitative estimate of drug-likeness (QED) is 0.624. The molecule has 0 saturated carbocycles. The van der Waals surface area contributed by atoms with Crippen LogP contribution >= 0.6 is 0 Å². The van der Waals surface area contributed by atoms with Crippen molar-refractivity contribution in [2.75, 3.05) is 13.2 Å². The van der Waals surface area contributed by atoms with Gasteiger partial charge in [-0.25, -0.2) is 0 Å². The normalized spacial score (nSPS) is 32.7. The van der Waals surface area contributed by atoms with E-state index in [1.165, 1.54) is 0 Å². The van der Waals surface area contributed by atoms with E-state index in [0.717, 1.165) is 19.6 Å². The molecule has 1 fully saturated rings. The molecule has 2 heteroatoms. The first-order valence-corrected chi connectivity index (χ1v) is 4.37. The number of rotatable bonds is 1. The van der Waals surface area contributed by atoms with Crippen molar-refractivity contribution >= 4 is 0 Å². The van der Waals surface area contributed by atoms with Crippen molar-refractivity contribution in [3.8, 4) is 0 Å². The monoisotopic (exact) mass is 157 g/mol. The first-order valence-electron chi connectivity index (χ1n) is 4.37. The highest BCUT2D eigenvalue weighted by Crippen LogP contribution is 2.33. The van der Waals surface area contributed by atoms with Gasteiger partial charge in [-0.15, -0.1) is 0 Å². The molecule has 1 saturated heterocycles. The van der Waals surface area contributed by atoms with Crippen LogP contribution < -0.4 is 5.73 Å². The molecule has 1 aliphatic heterocycles. The van der Waals surface area contributed by atoms with E-state index in [1.807, 2.05) is 0 Å². The Morgan fingerprint density at radius 2 is 2.09 bits per heavy atom. The molecular formula is C9H19NO. The van der Waals surface area contributed by atoms with Gasteiger partial charge in [-0.05, 0) is 18.4 Å². The van der Waals surface area contributed by atoms with Gasteiger partial charge in [0.15, 0.2) is 0 Å². The van der Waals surface area contributed by atoms with E-state index >= 15 is 0 Å². The molecule has 1 heterocycles. The van der Waals surface area contributed by atoms with Crippen LogP contribution in [0.5, 0.6) is 0 Å². The van der Waals surface area contributed by atoms with Gasteiger partial charge in [-0.1, -0.05) is 20.8 Å². The Bertz CT molecular complexity index is 128. The van der Waals surface area contributed by atoms with Crippen LogP contribution in [-0.2, 0) is 4.74 Å². The van der Waals surface area contributed by atoms with Gasteiger partial charge in [0.05, 0.1) is 6.10 Å². The minimum atomic E-state index is 0.251. The molecule has 1 rings (SSSR count). The minimum Gasteiger partial charge on any atom is -0.377 e. The van der Waals surface area contributed by atoms with Crippen molar-refractivity contribution < 1.29 is 4.74 Å². The molecule has 0 amide bonds. The summed E-state index contributed by atoms with van der Waals surface area (Å²) in [5.74, 6) is 0.579. The lowest BCUT2D eigenvalue weighted by Gasteiger charge is -2.30. The summed E-state index contributed by atoms with van der Waals surface area (Å²) in [5, 5.41) is 0. The molecule has 0 aromatic carbocycles. The first kappa shape index (κ1) is 9.01. The zero-order valence-electron chi connectivity index (χ0n) is 7.76. The van der Waals surface area contributed by atoms with Gasteiger partial charge >= 0.3 is 0 Å². The third kappa shape index (κ3) is 1.94. The lowest BCUT2D eigenvalue weighted by molar-refractivity contribution is 0.00882. The van der Waals surface area contributed by atoms with Crippen molar-refractivity contribution in [3.63, 3.8) is 0 Å². The molecule has 2 nitrogen and oxygen atoms in total. The van der Waals surface area contributed by atoms with Crippen LogP contribution in [0.3, 0.4) is 0 Å². The predicted octanol–water partition coefficient (Wildman–Crippen LogP) is 1.40. The van der Waals surface area contributed by atoms with Gasteiger partial charge in [-0.3, -0.25) is 0 Å². The predicted molar refractivity (Wildman–Crippen MR) is 46.4 cm³/mol. The molecule has 66 valence electrons. The summed E-state index contributed by atoms with van der Waals surface area (Å²) in [5.41, 5.74) is 5.89. The second-order valence-electron chi connectivity index (χ2n) is 4.44. The topological polar surface area (TPSA) is 35.2 Å². The molecule has 0 aromatic rings. The van der Waals surface area contributed by atoms with Crippen LogP contribution in [0.2, 0.25) is 0 Å². The molecule has 0 bridgehead atoms. The van der Waals surface area contributed by atoms with Crippen molar-refractivity contribution in [3.05, 3.63) is 0 Å². The van der Waals surface area contributed by atoms with Crippen molar-refractivity contribution in [2.24, 2.45) is 17.1 Å². The third-order valence-corrected chi connectivity index (χ3v) is 2.37. The number of ether oxygens (including phenoxy) is 1. The number of nitrogens with two attached hydrogens (primary N) is 1. The Labute approximate surface area is 69.1 Å². The van der Waals surface area contributed by atoms with Crippen molar-refractivity contribution in [2.45, 2.75) is 33.3 Å². The van der Waals surface area contributed by atoms with Crippen molar-refractivity contribution in [1.82, 2.24) is 0 Å². The Hall–Kier alpha value is -0.0800. The van der Waals surface area contributed by atoms with Gasteiger partial charge in [0, 0.05) is 12.5 Å². The summed E-state index contributed by atoms with van der Waals surface area (Å²) >= 11 is 0. The van der Waals surface area contributed by atoms with E-state index in [2.05, 4.69) is 20.8 Å². The molecule has 11 heavy (non-hydrogen) atoms. The van der Waals surface area contributed by atoms with Gasteiger partial charge in [0.25, 0.3) is 0 Å². The number of hydrogen-bond acceptors (Lipinski definition) is 2. The van der Waals surface area contributed by atoms with Gasteiger partial charge < -0.3 is 10.5 Å². The smallest absolute Gasteiger partial charge is 0.0664 e. The molecular weight excluding hydrogens is 138 g/mol. The maximum Gasteiger partial charge on any atom is 0.0664 e. The third-order valence-electron chi connectivity index (χ3n) is 2.37. The summed E-state index contributed by atoms with van der Waals surface area (Å²) in [6.45, 7) is 8.30. The second-order valence-corrected chi connectivity index (χ2v) is 4.44. The fourth-order valence-electron chi connectivity index (χ4n) is 1.83. The highest BCUT2D eigenvalue weighted by atomic mass is 16.5. The van der Waals surface area contributed by atoms with E-state index in [0.29, 0.717) is 12.0 Å². The minimum absolute atomic E-state index is 0.251. The summed E-state index contributed by atoms with van der Waals surface area (Å²) in [6, 6.07) is 0. The zero-order chi connectivity index (χ0) is 8.48. The maximum atomic E-state index is 5.64. The van der Waals surface area contributed by atoms with Gasteiger partial charge in [0.1, 0.15) is 0 Å². The Morgan fingerprint density at radius 3 is 2.45 bits per heavy atom. The van der Waals surface area contributed by atoms with Gasteiger partial charge in [0.2, 0.25) is 0 Å². The SMILES string of the molecule is CC(C)(C)[C@H]1OCC[C@H]1CN. The average molecular weight is 157 g/mol. The van der Waals surface area contributed by atoms with Crippen LogP contribution in [0, 0.1) is 11.3 Å². The van der Waals surface area contributed by atoms with E-state index in [-0.39, 0.29) is 5.41 Å². The fraction of sp³-hybridized carbons (Fsp3) is 1.00. The van der Waals surface area contributed by atoms with Crippen LogP contribution in [0.4, 0.5) is 0 Å². The van der Waals surface area contributed by atoms with Crippen LogP contribution in [0.15, 0.2) is 0 Å². The molecule has 0 aromatic heterocycles. The molecule has 1 aliphatic rings. The molecule has 2 atom stereocenters. The largest absolute Gasteiger partial charge is 0.377 e. The van der Waals surface area contributed by atoms with Crippen molar-refractivity contribution in [1.29, 1.82) is 0 Å². The van der Waals surface area contributed by atoms with E-state index in [9.17, 15) is 0 Å². The first-order chi connectivity index (χ1) is 5.05. The summed E-state index contributed by atoms with van der Waals surface area (Å²) < 4.78 is 5.64. The second kappa shape index (κ2) is 3.11. The summed E-state index contributed by atoms with van der Waals surface area (Å²) in [4.78, 5) is 0. The van der Waals surface area contributed by atoms with E-state index < -0.39 is 0 Å². The molecule has 0 spiro atoms. The Morgan fingerprint density at radius 1 is 1.45 bits per heavy atom.